The summed E-state index contributed by atoms with van der Waals surface area (Å²) >= 11 is 1.56. The Balaban J connectivity index is 0.00000128. The third-order valence-electron chi connectivity index (χ3n) is 2.53. The molecule has 4 nitrogen and oxygen atoms in total. The normalized spacial score (nSPS) is 10.4. The average molecular weight is 260 g/mol. The maximum absolute atomic E-state index is 12.0. The van der Waals surface area contributed by atoms with E-state index in [2.05, 4.69) is 4.98 Å². The Morgan fingerprint density at radius 2 is 2.19 bits per heavy atom. The first kappa shape index (κ1) is 13.2. The van der Waals surface area contributed by atoms with Crippen molar-refractivity contribution in [1.29, 1.82) is 0 Å². The zero-order valence-corrected chi connectivity index (χ0v) is 10.8. The number of thiophene rings is 1. The van der Waals surface area contributed by atoms with Crippen molar-refractivity contribution in [3.05, 3.63) is 27.1 Å². The highest BCUT2D eigenvalue weighted by atomic mass is 35.5. The molecule has 2 aromatic rings. The predicted octanol–water partition coefficient (Wildman–Crippen LogP) is 1.46. The molecular weight excluding hydrogens is 246 g/mol. The summed E-state index contributed by atoms with van der Waals surface area (Å²) in [6, 6.07) is 0. The minimum absolute atomic E-state index is 0. The standard InChI is InChI=1S/C10H13N3OS.ClH/c1-6-7(2)15-9-8(6)10(14)13(4-3-11)5-12-9;/h5H,3-4,11H2,1-2H3;1H. The molecule has 0 amide bonds. The van der Waals surface area contributed by atoms with Crippen LogP contribution in [0.4, 0.5) is 0 Å². The Labute approximate surface area is 104 Å². The summed E-state index contributed by atoms with van der Waals surface area (Å²) in [7, 11) is 0. The molecule has 2 aromatic heterocycles. The number of fused-ring (bicyclic) bond motifs is 1. The molecule has 0 spiro atoms. The summed E-state index contributed by atoms with van der Waals surface area (Å²) in [5.74, 6) is 0. The number of aryl methyl sites for hydroxylation is 2. The van der Waals surface area contributed by atoms with Crippen LogP contribution in [-0.4, -0.2) is 16.1 Å². The lowest BCUT2D eigenvalue weighted by atomic mass is 10.2. The fourth-order valence-corrected chi connectivity index (χ4v) is 2.56. The highest BCUT2D eigenvalue weighted by molar-refractivity contribution is 7.18. The molecule has 0 saturated heterocycles. The molecule has 0 aliphatic carbocycles. The Hall–Kier alpha value is -0.910. The van der Waals surface area contributed by atoms with Crippen molar-refractivity contribution < 1.29 is 0 Å². The Morgan fingerprint density at radius 1 is 1.50 bits per heavy atom. The minimum atomic E-state index is 0. The van der Waals surface area contributed by atoms with Gasteiger partial charge in [-0.05, 0) is 19.4 Å². The first-order chi connectivity index (χ1) is 7.15. The molecule has 88 valence electrons. The van der Waals surface area contributed by atoms with Crippen LogP contribution in [-0.2, 0) is 6.54 Å². The van der Waals surface area contributed by atoms with Crippen molar-refractivity contribution in [2.45, 2.75) is 20.4 Å². The molecule has 0 unspecified atom stereocenters. The van der Waals surface area contributed by atoms with Crippen LogP contribution in [0.2, 0.25) is 0 Å². The highest BCUT2D eigenvalue weighted by Gasteiger charge is 2.11. The van der Waals surface area contributed by atoms with Gasteiger partial charge in [-0.3, -0.25) is 9.36 Å². The Kier molecular flexibility index (Phi) is 4.07. The number of nitrogens with two attached hydrogens (primary N) is 1. The lowest BCUT2D eigenvalue weighted by molar-refractivity contribution is 0.674. The van der Waals surface area contributed by atoms with Crippen LogP contribution in [0.3, 0.4) is 0 Å². The summed E-state index contributed by atoms with van der Waals surface area (Å²) in [5.41, 5.74) is 6.49. The first-order valence-electron chi connectivity index (χ1n) is 4.80. The van der Waals surface area contributed by atoms with Crippen molar-refractivity contribution >= 4 is 34.0 Å². The van der Waals surface area contributed by atoms with E-state index in [4.69, 9.17) is 5.73 Å². The van der Waals surface area contributed by atoms with Gasteiger partial charge in [0.05, 0.1) is 11.7 Å². The van der Waals surface area contributed by atoms with E-state index in [0.29, 0.717) is 13.1 Å². The van der Waals surface area contributed by atoms with Crippen LogP contribution >= 0.6 is 23.7 Å². The molecule has 2 heterocycles. The second-order valence-corrected chi connectivity index (χ2v) is 4.70. The number of aromatic nitrogens is 2. The van der Waals surface area contributed by atoms with Gasteiger partial charge in [0.15, 0.2) is 0 Å². The Morgan fingerprint density at radius 3 is 2.81 bits per heavy atom. The van der Waals surface area contributed by atoms with Gasteiger partial charge in [0.25, 0.3) is 5.56 Å². The van der Waals surface area contributed by atoms with Gasteiger partial charge < -0.3 is 5.73 Å². The molecular formula is C10H14ClN3OS. The van der Waals surface area contributed by atoms with Crippen LogP contribution in [0.15, 0.2) is 11.1 Å². The fourth-order valence-electron chi connectivity index (χ4n) is 1.57. The van der Waals surface area contributed by atoms with E-state index in [1.54, 1.807) is 22.2 Å². The summed E-state index contributed by atoms with van der Waals surface area (Å²) in [6.07, 6.45) is 1.58. The Bertz CT molecular complexity index is 561. The SMILES string of the molecule is Cc1sc2ncn(CCN)c(=O)c2c1C.Cl. The lowest BCUT2D eigenvalue weighted by Gasteiger charge is -2.02. The van der Waals surface area contributed by atoms with Gasteiger partial charge in [0.2, 0.25) is 0 Å². The topological polar surface area (TPSA) is 60.9 Å². The third kappa shape index (κ3) is 1.98. The summed E-state index contributed by atoms with van der Waals surface area (Å²) in [4.78, 5) is 18.3. The number of halogens is 1. The number of hydrogen-bond donors (Lipinski definition) is 1. The molecule has 0 radical (unpaired) electrons. The molecule has 16 heavy (non-hydrogen) atoms. The van der Waals surface area contributed by atoms with Gasteiger partial charge in [-0.15, -0.1) is 23.7 Å². The van der Waals surface area contributed by atoms with Crippen LogP contribution in [0, 0.1) is 13.8 Å². The quantitative estimate of drug-likeness (QED) is 0.888. The van der Waals surface area contributed by atoms with E-state index in [-0.39, 0.29) is 18.0 Å². The molecule has 0 aromatic carbocycles. The van der Waals surface area contributed by atoms with Crippen molar-refractivity contribution in [1.82, 2.24) is 9.55 Å². The monoisotopic (exact) mass is 259 g/mol. The van der Waals surface area contributed by atoms with Crippen molar-refractivity contribution in [3.63, 3.8) is 0 Å². The zero-order valence-electron chi connectivity index (χ0n) is 9.19. The average Bonchev–Trinajstić information content (AvgIpc) is 2.49. The van der Waals surface area contributed by atoms with Crippen molar-refractivity contribution in [3.8, 4) is 0 Å². The molecule has 0 aliphatic rings. The number of nitrogens with zero attached hydrogens (tertiary/aromatic N) is 2. The van der Waals surface area contributed by atoms with E-state index in [0.717, 1.165) is 20.7 Å². The largest absolute Gasteiger partial charge is 0.329 e. The van der Waals surface area contributed by atoms with Crippen LogP contribution in [0.5, 0.6) is 0 Å². The van der Waals surface area contributed by atoms with E-state index in [1.807, 2.05) is 13.8 Å². The molecule has 0 atom stereocenters. The molecule has 0 fully saturated rings. The molecule has 2 rings (SSSR count). The first-order valence-corrected chi connectivity index (χ1v) is 5.62. The molecule has 0 saturated carbocycles. The maximum atomic E-state index is 12.0. The van der Waals surface area contributed by atoms with E-state index in [1.165, 1.54) is 0 Å². The number of hydrogen-bond acceptors (Lipinski definition) is 4. The van der Waals surface area contributed by atoms with E-state index in [9.17, 15) is 4.79 Å². The van der Waals surface area contributed by atoms with Crippen LogP contribution in [0.25, 0.3) is 10.2 Å². The van der Waals surface area contributed by atoms with Gasteiger partial charge in [0, 0.05) is 18.0 Å². The van der Waals surface area contributed by atoms with Crippen molar-refractivity contribution in [2.75, 3.05) is 6.54 Å². The zero-order chi connectivity index (χ0) is 11.0. The third-order valence-corrected chi connectivity index (χ3v) is 3.64. The minimum Gasteiger partial charge on any atom is -0.329 e. The fraction of sp³-hybridized carbons (Fsp3) is 0.400. The lowest BCUT2D eigenvalue weighted by Crippen LogP contribution is -2.24. The molecule has 0 aliphatic heterocycles. The van der Waals surface area contributed by atoms with Crippen molar-refractivity contribution in [2.24, 2.45) is 5.73 Å². The second-order valence-electron chi connectivity index (χ2n) is 3.50. The van der Waals surface area contributed by atoms with Gasteiger partial charge in [0.1, 0.15) is 4.83 Å². The van der Waals surface area contributed by atoms with Crippen LogP contribution < -0.4 is 11.3 Å². The maximum Gasteiger partial charge on any atom is 0.262 e. The smallest absolute Gasteiger partial charge is 0.262 e. The summed E-state index contributed by atoms with van der Waals surface area (Å²) < 4.78 is 1.57. The van der Waals surface area contributed by atoms with Gasteiger partial charge in [-0.25, -0.2) is 4.98 Å². The van der Waals surface area contributed by atoms with Gasteiger partial charge in [-0.2, -0.15) is 0 Å². The van der Waals surface area contributed by atoms with Gasteiger partial charge >= 0.3 is 0 Å². The predicted molar refractivity (Wildman–Crippen MR) is 69.7 cm³/mol. The van der Waals surface area contributed by atoms with Crippen LogP contribution in [0.1, 0.15) is 10.4 Å². The van der Waals surface area contributed by atoms with E-state index >= 15 is 0 Å². The number of rotatable bonds is 2. The second kappa shape index (κ2) is 4.95. The molecule has 6 heteroatoms. The summed E-state index contributed by atoms with van der Waals surface area (Å²) in [5, 5.41) is 0.744. The molecule has 0 bridgehead atoms. The molecule has 2 N–H and O–H groups in total. The van der Waals surface area contributed by atoms with Gasteiger partial charge in [-0.1, -0.05) is 0 Å². The highest BCUT2D eigenvalue weighted by Crippen LogP contribution is 2.25. The van der Waals surface area contributed by atoms with E-state index < -0.39 is 0 Å². The summed E-state index contributed by atoms with van der Waals surface area (Å²) in [6.45, 7) is 4.95.